The molecule has 0 spiro atoms. The van der Waals surface area contributed by atoms with Gasteiger partial charge < -0.3 is 10.5 Å². The molecule has 2 rings (SSSR count). The molecule has 82 valence electrons. The zero-order valence-electron chi connectivity index (χ0n) is 8.56. The fraction of sp³-hybridized carbons (Fsp3) is 0.0833. The summed E-state index contributed by atoms with van der Waals surface area (Å²) in [6.45, 7) is 0.387. The molecule has 0 aliphatic rings. The number of nitrogen functional groups attached to an aromatic ring is 1. The minimum absolute atomic E-state index is 0.300. The molecule has 2 N–H and O–H groups in total. The summed E-state index contributed by atoms with van der Waals surface area (Å²) in [7, 11) is 0. The quantitative estimate of drug-likeness (QED) is 0.804. The molecule has 0 saturated heterocycles. The van der Waals surface area contributed by atoms with Crippen LogP contribution in [0.25, 0.3) is 0 Å². The van der Waals surface area contributed by atoms with Crippen molar-refractivity contribution in [1.82, 2.24) is 4.98 Å². The van der Waals surface area contributed by atoms with Gasteiger partial charge in [0.05, 0.1) is 5.69 Å². The number of benzene rings is 1. The molecule has 0 saturated carbocycles. The van der Waals surface area contributed by atoms with Gasteiger partial charge in [0.2, 0.25) is 0 Å². The highest BCUT2D eigenvalue weighted by Crippen LogP contribution is 2.22. The third-order valence-corrected chi connectivity index (χ3v) is 2.12. The molecule has 16 heavy (non-hydrogen) atoms. The third kappa shape index (κ3) is 2.48. The largest absolute Gasteiger partial charge is 0.487 e. The Morgan fingerprint density at radius 2 is 1.94 bits per heavy atom. The van der Waals surface area contributed by atoms with Crippen LogP contribution in [0.4, 0.5) is 10.1 Å². The number of nitrogens with zero attached hydrogens (tertiary/aromatic N) is 1. The lowest BCUT2D eigenvalue weighted by molar-refractivity contribution is 0.307. The molecule has 1 aromatic carbocycles. The van der Waals surface area contributed by atoms with Crippen molar-refractivity contribution >= 4 is 5.69 Å². The van der Waals surface area contributed by atoms with Crippen molar-refractivity contribution < 1.29 is 9.13 Å². The van der Waals surface area contributed by atoms with Gasteiger partial charge in [-0.15, -0.1) is 0 Å². The van der Waals surface area contributed by atoms with E-state index in [-0.39, 0.29) is 5.82 Å². The van der Waals surface area contributed by atoms with Gasteiger partial charge in [-0.05, 0) is 29.8 Å². The van der Waals surface area contributed by atoms with Crippen LogP contribution in [0.15, 0.2) is 42.7 Å². The molecule has 0 radical (unpaired) electrons. The number of rotatable bonds is 3. The van der Waals surface area contributed by atoms with Gasteiger partial charge in [0.1, 0.15) is 18.2 Å². The highest BCUT2D eigenvalue weighted by Gasteiger charge is 2.02. The fourth-order valence-corrected chi connectivity index (χ4v) is 1.29. The molecule has 0 aliphatic heterocycles. The molecule has 3 nitrogen and oxygen atoms in total. The molecule has 0 amide bonds. The van der Waals surface area contributed by atoms with Crippen LogP contribution in [-0.2, 0) is 6.61 Å². The molecule has 0 bridgehead atoms. The Balaban J connectivity index is 2.05. The molecule has 0 aliphatic carbocycles. The lowest BCUT2D eigenvalue weighted by Crippen LogP contribution is -1.99. The number of hydrogen-bond donors (Lipinski definition) is 1. The number of anilines is 1. The first kappa shape index (κ1) is 10.4. The Morgan fingerprint density at radius 3 is 2.62 bits per heavy atom. The average Bonchev–Trinajstić information content (AvgIpc) is 2.29. The summed E-state index contributed by atoms with van der Waals surface area (Å²) in [4.78, 5) is 3.90. The van der Waals surface area contributed by atoms with E-state index in [9.17, 15) is 4.39 Å². The molecule has 0 unspecified atom stereocenters. The third-order valence-electron chi connectivity index (χ3n) is 2.12. The second-order valence-corrected chi connectivity index (χ2v) is 3.33. The standard InChI is InChI=1S/C12H11FN2O/c13-10-1-2-12(11(14)7-10)16-8-9-3-5-15-6-4-9/h1-7H,8,14H2. The van der Waals surface area contributed by atoms with Crippen LogP contribution in [0.2, 0.25) is 0 Å². The predicted molar refractivity (Wildman–Crippen MR) is 59.4 cm³/mol. The zero-order chi connectivity index (χ0) is 11.4. The Labute approximate surface area is 92.7 Å². The molecule has 1 heterocycles. The number of ether oxygens (including phenoxy) is 1. The Hall–Kier alpha value is -2.10. The number of nitrogens with two attached hydrogens (primary N) is 1. The topological polar surface area (TPSA) is 48.1 Å². The summed E-state index contributed by atoms with van der Waals surface area (Å²) in [5.41, 5.74) is 6.89. The van der Waals surface area contributed by atoms with Crippen molar-refractivity contribution in [2.75, 3.05) is 5.73 Å². The summed E-state index contributed by atoms with van der Waals surface area (Å²) >= 11 is 0. The first-order chi connectivity index (χ1) is 7.75. The van der Waals surface area contributed by atoms with Gasteiger partial charge >= 0.3 is 0 Å². The molecule has 0 atom stereocenters. The lowest BCUT2D eigenvalue weighted by Gasteiger charge is -2.08. The monoisotopic (exact) mass is 218 g/mol. The molecular weight excluding hydrogens is 207 g/mol. The van der Waals surface area contributed by atoms with Crippen LogP contribution in [0.5, 0.6) is 5.75 Å². The van der Waals surface area contributed by atoms with E-state index in [0.717, 1.165) is 5.56 Å². The van der Waals surface area contributed by atoms with Crippen molar-refractivity contribution in [2.45, 2.75) is 6.61 Å². The van der Waals surface area contributed by atoms with Crippen LogP contribution < -0.4 is 10.5 Å². The highest BCUT2D eigenvalue weighted by atomic mass is 19.1. The van der Waals surface area contributed by atoms with Crippen LogP contribution in [0.1, 0.15) is 5.56 Å². The number of hydrogen-bond acceptors (Lipinski definition) is 3. The van der Waals surface area contributed by atoms with Crippen molar-refractivity contribution in [2.24, 2.45) is 0 Å². The van der Waals surface area contributed by atoms with Gasteiger partial charge in [-0.3, -0.25) is 4.98 Å². The van der Waals surface area contributed by atoms with Crippen molar-refractivity contribution in [3.8, 4) is 5.75 Å². The van der Waals surface area contributed by atoms with Gasteiger partial charge in [0.15, 0.2) is 0 Å². The van der Waals surface area contributed by atoms with E-state index in [1.807, 2.05) is 12.1 Å². The van der Waals surface area contributed by atoms with Crippen LogP contribution >= 0.6 is 0 Å². The van der Waals surface area contributed by atoms with E-state index < -0.39 is 0 Å². The highest BCUT2D eigenvalue weighted by molar-refractivity contribution is 5.52. The van der Waals surface area contributed by atoms with Crippen molar-refractivity contribution in [3.63, 3.8) is 0 Å². The Bertz CT molecular complexity index is 474. The van der Waals surface area contributed by atoms with E-state index in [2.05, 4.69) is 4.98 Å². The van der Waals surface area contributed by atoms with Gasteiger partial charge in [0.25, 0.3) is 0 Å². The second-order valence-electron chi connectivity index (χ2n) is 3.33. The van der Waals surface area contributed by atoms with E-state index in [0.29, 0.717) is 18.0 Å². The average molecular weight is 218 g/mol. The predicted octanol–water partition coefficient (Wildman–Crippen LogP) is 2.38. The summed E-state index contributed by atoms with van der Waals surface area (Å²) < 4.78 is 18.2. The molecule has 1 aromatic heterocycles. The summed E-state index contributed by atoms with van der Waals surface area (Å²) in [5, 5.41) is 0. The van der Waals surface area contributed by atoms with Gasteiger partial charge in [-0.1, -0.05) is 0 Å². The molecule has 2 aromatic rings. The maximum Gasteiger partial charge on any atom is 0.142 e. The molecule has 0 fully saturated rings. The lowest BCUT2D eigenvalue weighted by atomic mass is 10.2. The SMILES string of the molecule is Nc1cc(F)ccc1OCc1ccncc1. The van der Waals surface area contributed by atoms with Crippen LogP contribution in [0.3, 0.4) is 0 Å². The van der Waals surface area contributed by atoms with Crippen molar-refractivity contribution in [3.05, 3.63) is 54.1 Å². The minimum atomic E-state index is -0.367. The fourth-order valence-electron chi connectivity index (χ4n) is 1.29. The number of aromatic nitrogens is 1. The van der Waals surface area contributed by atoms with Gasteiger partial charge in [-0.25, -0.2) is 4.39 Å². The number of halogens is 1. The van der Waals surface area contributed by atoms with E-state index >= 15 is 0 Å². The van der Waals surface area contributed by atoms with Crippen LogP contribution in [-0.4, -0.2) is 4.98 Å². The van der Waals surface area contributed by atoms with E-state index in [1.54, 1.807) is 12.4 Å². The normalized spacial score (nSPS) is 10.1. The Morgan fingerprint density at radius 1 is 1.19 bits per heavy atom. The Kier molecular flexibility index (Phi) is 3.00. The van der Waals surface area contributed by atoms with Gasteiger partial charge in [0, 0.05) is 18.5 Å². The first-order valence-corrected chi connectivity index (χ1v) is 4.82. The summed E-state index contributed by atoms with van der Waals surface area (Å²) in [6.07, 6.45) is 3.37. The van der Waals surface area contributed by atoms with E-state index in [4.69, 9.17) is 10.5 Å². The summed E-state index contributed by atoms with van der Waals surface area (Å²) in [6, 6.07) is 7.77. The minimum Gasteiger partial charge on any atom is -0.487 e. The summed E-state index contributed by atoms with van der Waals surface area (Å²) in [5.74, 6) is 0.118. The maximum atomic E-state index is 12.8. The smallest absolute Gasteiger partial charge is 0.142 e. The molecule has 4 heteroatoms. The maximum absolute atomic E-state index is 12.8. The number of pyridine rings is 1. The van der Waals surface area contributed by atoms with Crippen LogP contribution in [0, 0.1) is 5.82 Å². The van der Waals surface area contributed by atoms with E-state index in [1.165, 1.54) is 18.2 Å². The molecular formula is C12H11FN2O. The second kappa shape index (κ2) is 4.61. The zero-order valence-corrected chi connectivity index (χ0v) is 8.56. The van der Waals surface area contributed by atoms with Gasteiger partial charge in [-0.2, -0.15) is 0 Å². The first-order valence-electron chi connectivity index (χ1n) is 4.82. The van der Waals surface area contributed by atoms with Crippen molar-refractivity contribution in [1.29, 1.82) is 0 Å².